The number of benzene rings is 1. The Labute approximate surface area is 218 Å². The maximum absolute atomic E-state index is 13.6. The van der Waals surface area contributed by atoms with E-state index in [0.29, 0.717) is 45.9 Å². The molecule has 0 saturated carbocycles. The number of carbonyl (C=O) groups excluding carboxylic acids is 2. The minimum Gasteiger partial charge on any atom is -0.378 e. The lowest BCUT2D eigenvalue weighted by Crippen LogP contribution is -2.41. The molecular weight excluding hydrogens is 468 g/mol. The maximum atomic E-state index is 13.6. The first-order valence-corrected chi connectivity index (χ1v) is 14.1. The Bertz CT molecular complexity index is 1160. The van der Waals surface area contributed by atoms with Crippen LogP contribution in [0.15, 0.2) is 18.2 Å². The molecule has 2 aromatic rings. The van der Waals surface area contributed by atoms with E-state index >= 15 is 0 Å². The second kappa shape index (κ2) is 11.0. The standard InChI is InChI=1S/C29H38N4O4/c34-27-8-2-9-31(27)10-4-11-33(29(35)26-7-3-14-37-26)20-24-18-23-17-21-5-1-6-22(21)19-25(23)30-28(24)32-12-15-36-16-13-32/h17-19,26H,1-16,20H2/t26-/m1/s1. The van der Waals surface area contributed by atoms with Crippen molar-refractivity contribution in [2.45, 2.75) is 64.0 Å². The molecule has 3 fully saturated rings. The first-order valence-electron chi connectivity index (χ1n) is 14.1. The van der Waals surface area contributed by atoms with Crippen LogP contribution in [-0.4, -0.2) is 85.2 Å². The van der Waals surface area contributed by atoms with E-state index in [4.69, 9.17) is 14.5 Å². The largest absolute Gasteiger partial charge is 0.378 e. The quantitative estimate of drug-likeness (QED) is 0.548. The van der Waals surface area contributed by atoms with Crippen LogP contribution in [-0.2, 0) is 38.4 Å². The fourth-order valence-corrected chi connectivity index (χ4v) is 6.29. The lowest BCUT2D eigenvalue weighted by Gasteiger charge is -2.32. The predicted molar refractivity (Wildman–Crippen MR) is 142 cm³/mol. The molecule has 2 amide bonds. The number of aryl methyl sites for hydroxylation is 2. The molecule has 3 saturated heterocycles. The maximum Gasteiger partial charge on any atom is 0.252 e. The van der Waals surface area contributed by atoms with E-state index in [1.807, 2.05) is 9.80 Å². The number of fused-ring (bicyclic) bond motifs is 2. The van der Waals surface area contributed by atoms with Crippen molar-refractivity contribution in [3.05, 3.63) is 34.9 Å². The van der Waals surface area contributed by atoms with E-state index in [0.717, 1.165) is 80.4 Å². The van der Waals surface area contributed by atoms with Crippen LogP contribution < -0.4 is 4.90 Å². The van der Waals surface area contributed by atoms with Crippen molar-refractivity contribution in [2.75, 3.05) is 57.4 Å². The summed E-state index contributed by atoms with van der Waals surface area (Å²) in [6, 6.07) is 6.84. The van der Waals surface area contributed by atoms with Crippen LogP contribution in [0.5, 0.6) is 0 Å². The van der Waals surface area contributed by atoms with E-state index < -0.39 is 0 Å². The number of rotatable bonds is 8. The summed E-state index contributed by atoms with van der Waals surface area (Å²) in [7, 11) is 0. The number of hydrogen-bond donors (Lipinski definition) is 0. The predicted octanol–water partition coefficient (Wildman–Crippen LogP) is 3.08. The Balaban J connectivity index is 1.30. The summed E-state index contributed by atoms with van der Waals surface area (Å²) in [5.41, 5.74) is 4.97. The Morgan fingerprint density at radius 3 is 2.59 bits per heavy atom. The molecule has 0 N–H and O–H groups in total. The first-order chi connectivity index (χ1) is 18.2. The molecule has 3 aliphatic heterocycles. The second-order valence-electron chi connectivity index (χ2n) is 10.8. The van der Waals surface area contributed by atoms with Crippen LogP contribution in [0, 0.1) is 0 Å². The summed E-state index contributed by atoms with van der Waals surface area (Å²) >= 11 is 0. The molecule has 8 nitrogen and oxygen atoms in total. The SMILES string of the molecule is O=C1CCCN1CCCN(Cc1cc2cc3c(cc2nc1N1CCOCC1)CCC3)C(=O)[C@H]1CCCO1. The van der Waals surface area contributed by atoms with Crippen molar-refractivity contribution in [3.63, 3.8) is 0 Å². The van der Waals surface area contributed by atoms with Gasteiger partial charge in [-0.3, -0.25) is 9.59 Å². The van der Waals surface area contributed by atoms with Crippen molar-refractivity contribution in [2.24, 2.45) is 0 Å². The van der Waals surface area contributed by atoms with E-state index in [2.05, 4.69) is 23.1 Å². The number of carbonyl (C=O) groups is 2. The van der Waals surface area contributed by atoms with Crippen LogP contribution >= 0.6 is 0 Å². The van der Waals surface area contributed by atoms with Crippen molar-refractivity contribution >= 4 is 28.5 Å². The van der Waals surface area contributed by atoms with Crippen molar-refractivity contribution in [1.82, 2.24) is 14.8 Å². The third kappa shape index (κ3) is 5.32. The van der Waals surface area contributed by atoms with Crippen molar-refractivity contribution in [3.8, 4) is 0 Å². The zero-order valence-electron chi connectivity index (χ0n) is 21.8. The molecule has 0 unspecified atom stereocenters. The minimum absolute atomic E-state index is 0.0622. The van der Waals surface area contributed by atoms with Gasteiger partial charge in [-0.25, -0.2) is 4.98 Å². The first kappa shape index (κ1) is 24.6. The molecule has 0 spiro atoms. The highest BCUT2D eigenvalue weighted by atomic mass is 16.5. The summed E-state index contributed by atoms with van der Waals surface area (Å²) in [6.45, 7) is 6.25. The van der Waals surface area contributed by atoms with Gasteiger partial charge in [0.25, 0.3) is 5.91 Å². The van der Waals surface area contributed by atoms with Gasteiger partial charge in [0.2, 0.25) is 5.91 Å². The Kier molecular flexibility index (Phi) is 7.29. The molecular formula is C29H38N4O4. The highest BCUT2D eigenvalue weighted by molar-refractivity contribution is 5.85. The Morgan fingerprint density at radius 1 is 1.00 bits per heavy atom. The molecule has 37 heavy (non-hydrogen) atoms. The van der Waals surface area contributed by atoms with Crippen LogP contribution in [0.4, 0.5) is 5.82 Å². The van der Waals surface area contributed by atoms with Crippen molar-refractivity contribution in [1.29, 1.82) is 0 Å². The van der Waals surface area contributed by atoms with E-state index in [9.17, 15) is 9.59 Å². The molecule has 1 atom stereocenters. The average Bonchev–Trinajstić information content (AvgIpc) is 3.69. The van der Waals surface area contributed by atoms with Crippen LogP contribution in [0.1, 0.15) is 55.2 Å². The second-order valence-corrected chi connectivity index (χ2v) is 10.8. The minimum atomic E-state index is -0.364. The Morgan fingerprint density at radius 2 is 1.84 bits per heavy atom. The molecule has 6 rings (SSSR count). The van der Waals surface area contributed by atoms with E-state index in [-0.39, 0.29) is 17.9 Å². The normalized spacial score (nSPS) is 21.7. The monoisotopic (exact) mass is 506 g/mol. The van der Waals surface area contributed by atoms with Crippen molar-refractivity contribution < 1.29 is 19.1 Å². The number of ether oxygens (including phenoxy) is 2. The van der Waals surface area contributed by atoms with Gasteiger partial charge in [0.1, 0.15) is 11.9 Å². The number of anilines is 1. The van der Waals surface area contributed by atoms with Crippen LogP contribution in [0.2, 0.25) is 0 Å². The van der Waals surface area contributed by atoms with Crippen LogP contribution in [0.25, 0.3) is 10.9 Å². The van der Waals surface area contributed by atoms with Gasteiger partial charge in [-0.1, -0.05) is 0 Å². The number of aromatic nitrogens is 1. The van der Waals surface area contributed by atoms with Gasteiger partial charge in [-0.2, -0.15) is 0 Å². The summed E-state index contributed by atoms with van der Waals surface area (Å²) in [6.07, 6.45) is 7.16. The zero-order chi connectivity index (χ0) is 25.2. The molecule has 1 aromatic carbocycles. The van der Waals surface area contributed by atoms with Crippen LogP contribution in [0.3, 0.4) is 0 Å². The lowest BCUT2D eigenvalue weighted by atomic mass is 10.0. The molecule has 8 heteroatoms. The molecule has 4 aliphatic rings. The number of likely N-dealkylation sites (tertiary alicyclic amines) is 1. The lowest BCUT2D eigenvalue weighted by molar-refractivity contribution is -0.141. The number of pyridine rings is 1. The average molecular weight is 507 g/mol. The molecule has 198 valence electrons. The van der Waals surface area contributed by atoms with E-state index in [1.54, 1.807) is 0 Å². The Hall–Kier alpha value is -2.71. The van der Waals surface area contributed by atoms with Gasteiger partial charge in [-0.05, 0) is 74.3 Å². The van der Waals surface area contributed by atoms with Gasteiger partial charge < -0.3 is 24.2 Å². The third-order valence-corrected chi connectivity index (χ3v) is 8.30. The zero-order valence-corrected chi connectivity index (χ0v) is 21.8. The highest BCUT2D eigenvalue weighted by Crippen LogP contribution is 2.31. The number of hydrogen-bond acceptors (Lipinski definition) is 6. The van der Waals surface area contributed by atoms with Gasteiger partial charge in [-0.15, -0.1) is 0 Å². The van der Waals surface area contributed by atoms with Gasteiger partial charge in [0.15, 0.2) is 0 Å². The van der Waals surface area contributed by atoms with Gasteiger partial charge in [0, 0.05) is 63.2 Å². The smallest absolute Gasteiger partial charge is 0.252 e. The number of amides is 2. The molecule has 0 bridgehead atoms. The molecule has 4 heterocycles. The molecule has 1 aliphatic carbocycles. The number of nitrogens with zero attached hydrogens (tertiary/aromatic N) is 4. The fraction of sp³-hybridized carbons (Fsp3) is 0.621. The molecule has 1 aromatic heterocycles. The summed E-state index contributed by atoms with van der Waals surface area (Å²) in [5.74, 6) is 1.26. The van der Waals surface area contributed by atoms with E-state index in [1.165, 1.54) is 17.5 Å². The topological polar surface area (TPSA) is 75.2 Å². The highest BCUT2D eigenvalue weighted by Gasteiger charge is 2.30. The third-order valence-electron chi connectivity index (χ3n) is 8.30. The van der Waals surface area contributed by atoms with Gasteiger partial charge in [0.05, 0.1) is 18.7 Å². The van der Waals surface area contributed by atoms with Gasteiger partial charge >= 0.3 is 0 Å². The summed E-state index contributed by atoms with van der Waals surface area (Å²) in [4.78, 5) is 37.1. The fourth-order valence-electron chi connectivity index (χ4n) is 6.29. The molecule has 0 radical (unpaired) electrons. The number of morpholine rings is 1. The summed E-state index contributed by atoms with van der Waals surface area (Å²) < 4.78 is 11.4. The summed E-state index contributed by atoms with van der Waals surface area (Å²) in [5, 5.41) is 1.15.